The third-order valence-corrected chi connectivity index (χ3v) is 2.25. The minimum absolute atomic E-state index is 0.305. The molecule has 0 aromatic heterocycles. The topological polar surface area (TPSA) is 12.5 Å². The molecule has 0 saturated carbocycles. The zero-order valence-corrected chi connectivity index (χ0v) is 8.33. The van der Waals surface area contributed by atoms with Gasteiger partial charge < -0.3 is 4.74 Å². The molecular formula is C7H4Cl2F3NO. The molecule has 0 fully saturated rings. The van der Waals surface area contributed by atoms with E-state index in [9.17, 15) is 13.4 Å². The standard InChI is InChI=1S/C7H4Cl2F3NO/c1-14-7-4(10)2-3(8)5(9)6(7)13(11)12/h2H,1H3. The zero-order valence-electron chi connectivity index (χ0n) is 6.82. The molecule has 7 heteroatoms. The fraction of sp³-hybridized carbons (Fsp3) is 0.143. The lowest BCUT2D eigenvalue weighted by Gasteiger charge is -2.12. The Kier molecular flexibility index (Phi) is 3.34. The number of anilines is 1. The molecule has 1 aromatic carbocycles. The first-order valence-electron chi connectivity index (χ1n) is 3.32. The summed E-state index contributed by atoms with van der Waals surface area (Å²) in [5.41, 5.74) is -0.890. The summed E-state index contributed by atoms with van der Waals surface area (Å²) in [6.45, 7) is 0. The van der Waals surface area contributed by atoms with Gasteiger partial charge in [-0.1, -0.05) is 32.2 Å². The van der Waals surface area contributed by atoms with Gasteiger partial charge in [0, 0.05) is 0 Å². The SMILES string of the molecule is COc1c(F)cc(Cl)c(Cl)c1N(F)F. The Morgan fingerprint density at radius 1 is 1.36 bits per heavy atom. The average Bonchev–Trinajstić information content (AvgIpc) is 2.10. The Labute approximate surface area is 87.6 Å². The highest BCUT2D eigenvalue weighted by molar-refractivity contribution is 6.44. The van der Waals surface area contributed by atoms with Gasteiger partial charge in [0.1, 0.15) is 0 Å². The van der Waals surface area contributed by atoms with Gasteiger partial charge in [-0.05, 0) is 11.4 Å². The Morgan fingerprint density at radius 2 is 1.93 bits per heavy atom. The summed E-state index contributed by atoms with van der Waals surface area (Å²) in [4.78, 5) is 0. The van der Waals surface area contributed by atoms with E-state index >= 15 is 0 Å². The maximum absolute atomic E-state index is 13.0. The Hall–Kier alpha value is -0.810. The molecule has 0 spiro atoms. The minimum atomic E-state index is -1.35. The van der Waals surface area contributed by atoms with Crippen LogP contribution >= 0.6 is 23.2 Å². The number of hydrogen-bond acceptors (Lipinski definition) is 2. The quantitative estimate of drug-likeness (QED) is 0.582. The molecule has 1 aromatic rings. The maximum Gasteiger partial charge on any atom is 0.185 e. The zero-order chi connectivity index (χ0) is 10.9. The molecule has 0 aliphatic carbocycles. The van der Waals surface area contributed by atoms with Crippen molar-refractivity contribution in [2.24, 2.45) is 0 Å². The summed E-state index contributed by atoms with van der Waals surface area (Å²) in [5.74, 6) is -1.65. The second kappa shape index (κ2) is 4.14. The van der Waals surface area contributed by atoms with Crippen LogP contribution in [0.25, 0.3) is 0 Å². The molecule has 14 heavy (non-hydrogen) atoms. The van der Waals surface area contributed by atoms with Crippen molar-refractivity contribution in [3.05, 3.63) is 21.9 Å². The number of methoxy groups -OCH3 is 1. The normalized spacial score (nSPS) is 10.1. The monoisotopic (exact) mass is 245 g/mol. The van der Waals surface area contributed by atoms with E-state index in [1.807, 2.05) is 0 Å². The van der Waals surface area contributed by atoms with Crippen LogP contribution in [-0.4, -0.2) is 7.11 Å². The van der Waals surface area contributed by atoms with Crippen LogP contribution in [0.15, 0.2) is 6.07 Å². The smallest absolute Gasteiger partial charge is 0.185 e. The van der Waals surface area contributed by atoms with Gasteiger partial charge in [-0.3, -0.25) is 0 Å². The van der Waals surface area contributed by atoms with Crippen LogP contribution in [-0.2, 0) is 0 Å². The van der Waals surface area contributed by atoms with Gasteiger partial charge in [-0.2, -0.15) is 0 Å². The molecule has 0 amide bonds. The average molecular weight is 246 g/mol. The predicted molar refractivity (Wildman–Crippen MR) is 47.7 cm³/mol. The van der Waals surface area contributed by atoms with Gasteiger partial charge >= 0.3 is 0 Å². The Balaban J connectivity index is 3.48. The largest absolute Gasteiger partial charge is 0.491 e. The van der Waals surface area contributed by atoms with Gasteiger partial charge in [0.25, 0.3) is 0 Å². The summed E-state index contributed by atoms with van der Waals surface area (Å²) >= 11 is 10.8. The van der Waals surface area contributed by atoms with Gasteiger partial charge in [-0.15, -0.1) is 0 Å². The van der Waals surface area contributed by atoms with E-state index in [2.05, 4.69) is 4.74 Å². The number of ether oxygens (including phenoxy) is 1. The molecule has 0 saturated heterocycles. The molecule has 2 nitrogen and oxygen atoms in total. The molecule has 0 aliphatic heterocycles. The van der Waals surface area contributed by atoms with E-state index < -0.39 is 27.6 Å². The molecular weight excluding hydrogens is 242 g/mol. The lowest BCUT2D eigenvalue weighted by atomic mass is 10.3. The number of rotatable bonds is 2. The van der Waals surface area contributed by atoms with Crippen LogP contribution < -0.4 is 10.1 Å². The van der Waals surface area contributed by atoms with Crippen molar-refractivity contribution in [3.8, 4) is 5.75 Å². The van der Waals surface area contributed by atoms with E-state index in [0.717, 1.165) is 13.2 Å². The van der Waals surface area contributed by atoms with Gasteiger partial charge in [0.05, 0.1) is 17.2 Å². The van der Waals surface area contributed by atoms with Crippen LogP contribution in [0.5, 0.6) is 5.75 Å². The molecule has 0 aliphatic rings. The summed E-state index contributed by atoms with van der Waals surface area (Å²) in [5, 5.41) is -2.12. The third-order valence-electron chi connectivity index (χ3n) is 1.48. The maximum atomic E-state index is 13.0. The molecule has 0 N–H and O–H groups in total. The number of benzene rings is 1. The van der Waals surface area contributed by atoms with Gasteiger partial charge in [-0.25, -0.2) is 4.39 Å². The van der Waals surface area contributed by atoms with E-state index in [-0.39, 0.29) is 5.02 Å². The lowest BCUT2D eigenvalue weighted by molar-refractivity contribution is 0.229. The van der Waals surface area contributed by atoms with Crippen LogP contribution in [0.2, 0.25) is 10.0 Å². The third kappa shape index (κ3) is 1.83. The minimum Gasteiger partial charge on any atom is -0.491 e. The number of nitrogens with zero attached hydrogens (tertiary/aromatic N) is 1. The first-order valence-corrected chi connectivity index (χ1v) is 4.07. The summed E-state index contributed by atoms with van der Waals surface area (Å²) in [6.07, 6.45) is 0. The second-order valence-electron chi connectivity index (χ2n) is 2.27. The van der Waals surface area contributed by atoms with Crippen molar-refractivity contribution in [3.63, 3.8) is 0 Å². The Bertz CT molecular complexity index is 359. The molecule has 0 radical (unpaired) electrons. The molecule has 0 bridgehead atoms. The van der Waals surface area contributed by atoms with Gasteiger partial charge in [0.2, 0.25) is 0 Å². The van der Waals surface area contributed by atoms with Crippen LogP contribution in [0, 0.1) is 5.82 Å². The molecule has 0 heterocycles. The van der Waals surface area contributed by atoms with Crippen molar-refractivity contribution >= 4 is 28.9 Å². The van der Waals surface area contributed by atoms with Crippen molar-refractivity contribution in [2.75, 3.05) is 12.5 Å². The van der Waals surface area contributed by atoms with Crippen molar-refractivity contribution in [1.29, 1.82) is 0 Å². The van der Waals surface area contributed by atoms with E-state index in [4.69, 9.17) is 23.2 Å². The number of halogens is 5. The summed E-state index contributed by atoms with van der Waals surface area (Å²) in [6, 6.07) is 0.801. The molecule has 0 atom stereocenters. The van der Waals surface area contributed by atoms with Gasteiger partial charge in [0.15, 0.2) is 17.3 Å². The highest BCUT2D eigenvalue weighted by Gasteiger charge is 2.22. The van der Waals surface area contributed by atoms with E-state index in [0.29, 0.717) is 0 Å². The first-order chi connectivity index (χ1) is 6.49. The highest BCUT2D eigenvalue weighted by Crippen LogP contribution is 2.42. The second-order valence-corrected chi connectivity index (χ2v) is 3.05. The van der Waals surface area contributed by atoms with Crippen molar-refractivity contribution < 1.29 is 18.1 Å². The predicted octanol–water partition coefficient (Wildman–Crippen LogP) is 3.72. The van der Waals surface area contributed by atoms with Crippen LogP contribution in [0.1, 0.15) is 0 Å². The fourth-order valence-corrected chi connectivity index (χ4v) is 1.30. The van der Waals surface area contributed by atoms with Crippen molar-refractivity contribution in [2.45, 2.75) is 0 Å². The summed E-state index contributed by atoms with van der Waals surface area (Å²) < 4.78 is 42.0. The first kappa shape index (κ1) is 11.3. The van der Waals surface area contributed by atoms with Crippen molar-refractivity contribution in [1.82, 2.24) is 0 Å². The van der Waals surface area contributed by atoms with E-state index in [1.54, 1.807) is 0 Å². The highest BCUT2D eigenvalue weighted by atomic mass is 35.5. The van der Waals surface area contributed by atoms with Crippen LogP contribution in [0.4, 0.5) is 19.0 Å². The molecule has 1 rings (SSSR count). The lowest BCUT2D eigenvalue weighted by Crippen LogP contribution is -2.02. The fourth-order valence-electron chi connectivity index (χ4n) is 0.911. The molecule has 78 valence electrons. The molecule has 0 unspecified atom stereocenters. The van der Waals surface area contributed by atoms with E-state index in [1.165, 1.54) is 0 Å². The van der Waals surface area contributed by atoms with Crippen LogP contribution in [0.3, 0.4) is 0 Å². The number of hydrogen-bond donors (Lipinski definition) is 0. The summed E-state index contributed by atoms with van der Waals surface area (Å²) in [7, 11) is 1.05. The Morgan fingerprint density at radius 3 is 2.36 bits per heavy atom.